The summed E-state index contributed by atoms with van der Waals surface area (Å²) in [6.45, 7) is 6.55. The second-order valence-corrected chi connectivity index (χ2v) is 5.90. The van der Waals surface area contributed by atoms with Crippen molar-refractivity contribution < 1.29 is 23.8 Å². The highest BCUT2D eigenvalue weighted by Gasteiger charge is 2.19. The van der Waals surface area contributed by atoms with E-state index in [1.54, 1.807) is 6.92 Å². The predicted octanol–water partition coefficient (Wildman–Crippen LogP) is 3.47. The molecule has 25 heavy (non-hydrogen) atoms. The van der Waals surface area contributed by atoms with Crippen molar-refractivity contribution >= 4 is 11.9 Å². The molecule has 0 atom stereocenters. The van der Waals surface area contributed by atoms with E-state index in [1.165, 1.54) is 6.07 Å². The molecule has 0 saturated carbocycles. The third-order valence-electron chi connectivity index (χ3n) is 3.77. The number of rotatable bonds is 8. The molecular formula is C19H23NO5. The fraction of sp³-hybridized carbons (Fsp3) is 0.368. The summed E-state index contributed by atoms with van der Waals surface area (Å²) < 4.78 is 11.1. The molecule has 1 aromatic carbocycles. The zero-order valence-corrected chi connectivity index (χ0v) is 14.7. The number of hydrogen-bond acceptors (Lipinski definition) is 4. The average Bonchev–Trinajstić information content (AvgIpc) is 3.03. The first-order valence-corrected chi connectivity index (χ1v) is 8.30. The van der Waals surface area contributed by atoms with E-state index in [0.717, 1.165) is 11.3 Å². The topological polar surface area (TPSA) is 88.8 Å². The number of aryl methyl sites for hydroxylation is 1. The molecule has 0 aliphatic carbocycles. The molecule has 6 nitrogen and oxygen atoms in total. The third-order valence-corrected chi connectivity index (χ3v) is 3.77. The maximum absolute atomic E-state index is 12.1. The van der Waals surface area contributed by atoms with Crippen molar-refractivity contribution in [3.8, 4) is 5.75 Å². The van der Waals surface area contributed by atoms with Crippen molar-refractivity contribution in [2.75, 3.05) is 13.2 Å². The number of benzene rings is 1. The Hall–Kier alpha value is -2.76. The summed E-state index contributed by atoms with van der Waals surface area (Å²) in [7, 11) is 0. The fourth-order valence-corrected chi connectivity index (χ4v) is 2.49. The Kier molecular flexibility index (Phi) is 6.22. The highest BCUT2D eigenvalue weighted by molar-refractivity contribution is 5.96. The second-order valence-electron chi connectivity index (χ2n) is 5.90. The molecule has 0 bridgehead atoms. The van der Waals surface area contributed by atoms with Crippen LogP contribution in [0.4, 0.5) is 0 Å². The largest absolute Gasteiger partial charge is 0.491 e. The molecule has 1 amide bonds. The van der Waals surface area contributed by atoms with Crippen LogP contribution in [0.2, 0.25) is 0 Å². The van der Waals surface area contributed by atoms with E-state index in [4.69, 9.17) is 14.3 Å². The Morgan fingerprint density at radius 3 is 2.60 bits per heavy atom. The van der Waals surface area contributed by atoms with Crippen LogP contribution in [0.3, 0.4) is 0 Å². The number of nitrogens with one attached hydrogen (secondary N) is 1. The lowest BCUT2D eigenvalue weighted by molar-refractivity contribution is 0.0694. The number of carbonyl (C=O) groups is 2. The molecule has 0 saturated heterocycles. The number of carboxylic acid groups (broad SMARTS) is 1. The zero-order valence-electron chi connectivity index (χ0n) is 14.7. The number of para-hydroxylation sites is 1. The normalized spacial score (nSPS) is 10.7. The number of aromatic carboxylic acids is 1. The Morgan fingerprint density at radius 2 is 2.00 bits per heavy atom. The first-order valence-electron chi connectivity index (χ1n) is 8.30. The molecule has 0 aliphatic rings. The maximum Gasteiger partial charge on any atom is 0.339 e. The van der Waals surface area contributed by atoms with Crippen LogP contribution in [0.25, 0.3) is 0 Å². The molecule has 1 heterocycles. The van der Waals surface area contributed by atoms with Crippen molar-refractivity contribution in [2.45, 2.75) is 33.1 Å². The third kappa shape index (κ3) is 4.62. The van der Waals surface area contributed by atoms with Crippen molar-refractivity contribution in [1.82, 2.24) is 5.32 Å². The van der Waals surface area contributed by atoms with Crippen molar-refractivity contribution in [1.29, 1.82) is 0 Å². The minimum Gasteiger partial charge on any atom is -0.491 e. The van der Waals surface area contributed by atoms with Gasteiger partial charge >= 0.3 is 5.97 Å². The first-order chi connectivity index (χ1) is 11.9. The van der Waals surface area contributed by atoms with E-state index in [2.05, 4.69) is 19.2 Å². The van der Waals surface area contributed by atoms with Gasteiger partial charge in [-0.3, -0.25) is 4.79 Å². The molecule has 2 aromatic rings. The van der Waals surface area contributed by atoms with Gasteiger partial charge in [0.2, 0.25) is 0 Å². The lowest BCUT2D eigenvalue weighted by Crippen LogP contribution is -2.27. The van der Waals surface area contributed by atoms with Gasteiger partial charge in [-0.25, -0.2) is 4.79 Å². The molecule has 1 aromatic heterocycles. The molecule has 2 rings (SSSR count). The number of carbonyl (C=O) groups excluding carboxylic acids is 1. The van der Waals surface area contributed by atoms with Crippen LogP contribution in [-0.2, 0) is 6.42 Å². The monoisotopic (exact) mass is 345 g/mol. The lowest BCUT2D eigenvalue weighted by Gasteiger charge is -2.13. The molecule has 0 spiro atoms. The van der Waals surface area contributed by atoms with Crippen molar-refractivity contribution in [2.24, 2.45) is 0 Å². The fourth-order valence-electron chi connectivity index (χ4n) is 2.49. The summed E-state index contributed by atoms with van der Waals surface area (Å²) in [6.07, 6.45) is 0.407. The maximum atomic E-state index is 12.1. The molecule has 134 valence electrons. The van der Waals surface area contributed by atoms with E-state index >= 15 is 0 Å². The summed E-state index contributed by atoms with van der Waals surface area (Å²) in [6, 6.07) is 9.04. The molecule has 0 aliphatic heterocycles. The minimum atomic E-state index is -1.10. The first kappa shape index (κ1) is 18.6. The van der Waals surface area contributed by atoms with Gasteiger partial charge in [-0.15, -0.1) is 0 Å². The highest BCUT2D eigenvalue weighted by atomic mass is 16.5. The standard InChI is InChI=1S/C19H23NO5/c1-4-15-14(19(22)23)11-17(25-15)18(21)20-9-10-24-16-8-6-5-7-13(16)12(2)3/h5-8,11-12H,4,9-10H2,1-3H3,(H,20,21)(H,22,23). The molecule has 0 fully saturated rings. The zero-order chi connectivity index (χ0) is 18.4. The van der Waals surface area contributed by atoms with Gasteiger partial charge in [0.05, 0.1) is 6.54 Å². The van der Waals surface area contributed by atoms with Crippen molar-refractivity contribution in [3.05, 3.63) is 53.0 Å². The van der Waals surface area contributed by atoms with Gasteiger partial charge in [0.25, 0.3) is 5.91 Å². The van der Waals surface area contributed by atoms with Crippen LogP contribution in [-0.4, -0.2) is 30.1 Å². The van der Waals surface area contributed by atoms with Gasteiger partial charge in [0, 0.05) is 12.5 Å². The van der Waals surface area contributed by atoms with Crippen LogP contribution in [0.1, 0.15) is 58.9 Å². The van der Waals surface area contributed by atoms with Gasteiger partial charge in [-0.2, -0.15) is 0 Å². The van der Waals surface area contributed by atoms with E-state index in [0.29, 0.717) is 24.7 Å². The molecule has 6 heteroatoms. The lowest BCUT2D eigenvalue weighted by atomic mass is 10.0. The average molecular weight is 345 g/mol. The highest BCUT2D eigenvalue weighted by Crippen LogP contribution is 2.25. The van der Waals surface area contributed by atoms with Gasteiger partial charge in [-0.05, 0) is 17.5 Å². The SMILES string of the molecule is CCc1oc(C(=O)NCCOc2ccccc2C(C)C)cc1C(=O)O. The van der Waals surface area contributed by atoms with Crippen LogP contribution >= 0.6 is 0 Å². The van der Waals surface area contributed by atoms with Crippen LogP contribution < -0.4 is 10.1 Å². The summed E-state index contributed by atoms with van der Waals surface area (Å²) >= 11 is 0. The summed E-state index contributed by atoms with van der Waals surface area (Å²) in [5.74, 6) is -0.130. The Morgan fingerprint density at radius 1 is 1.28 bits per heavy atom. The number of amides is 1. The van der Waals surface area contributed by atoms with Crippen molar-refractivity contribution in [3.63, 3.8) is 0 Å². The van der Waals surface area contributed by atoms with Gasteiger partial charge in [0.1, 0.15) is 23.7 Å². The Bertz CT molecular complexity index is 748. The number of hydrogen-bond donors (Lipinski definition) is 2. The minimum absolute atomic E-state index is 0.00293. The molecule has 2 N–H and O–H groups in total. The molecule has 0 unspecified atom stereocenters. The Balaban J connectivity index is 1.90. The van der Waals surface area contributed by atoms with Gasteiger partial charge in [-0.1, -0.05) is 39.0 Å². The molecular weight excluding hydrogens is 322 g/mol. The van der Waals surface area contributed by atoms with E-state index < -0.39 is 11.9 Å². The number of carboxylic acids is 1. The van der Waals surface area contributed by atoms with E-state index in [-0.39, 0.29) is 17.9 Å². The molecule has 0 radical (unpaired) electrons. The van der Waals surface area contributed by atoms with E-state index in [9.17, 15) is 9.59 Å². The van der Waals surface area contributed by atoms with Crippen LogP contribution in [0, 0.1) is 0 Å². The summed E-state index contributed by atoms with van der Waals surface area (Å²) in [5, 5.41) is 11.8. The van der Waals surface area contributed by atoms with Crippen LogP contribution in [0.5, 0.6) is 5.75 Å². The van der Waals surface area contributed by atoms with Gasteiger partial charge in [0.15, 0.2) is 5.76 Å². The Labute approximate surface area is 146 Å². The summed E-state index contributed by atoms with van der Waals surface area (Å²) in [4.78, 5) is 23.2. The smallest absolute Gasteiger partial charge is 0.339 e. The quantitative estimate of drug-likeness (QED) is 0.715. The number of ether oxygens (including phenoxy) is 1. The number of furan rings is 1. The van der Waals surface area contributed by atoms with Gasteiger partial charge < -0.3 is 19.6 Å². The van der Waals surface area contributed by atoms with Crippen LogP contribution in [0.15, 0.2) is 34.7 Å². The second kappa shape index (κ2) is 8.37. The summed E-state index contributed by atoms with van der Waals surface area (Å²) in [5.41, 5.74) is 1.13. The predicted molar refractivity (Wildman–Crippen MR) is 93.4 cm³/mol. The van der Waals surface area contributed by atoms with E-state index in [1.807, 2.05) is 24.3 Å².